The number of β-amino-alcohol motifs (C(OH)–C–C–N with tert-alkyl or cyclic N) is 1. The zero-order valence-corrected chi connectivity index (χ0v) is 10.4. The Morgan fingerprint density at radius 2 is 2.00 bits per heavy atom. The molecule has 2 atom stereocenters. The molecule has 0 aromatic rings. The van der Waals surface area contributed by atoms with Crippen LogP contribution in [0.25, 0.3) is 0 Å². The number of nitrogens with zero attached hydrogens (tertiary/aromatic N) is 1. The van der Waals surface area contributed by atoms with Crippen LogP contribution in [0.15, 0.2) is 0 Å². The lowest BCUT2D eigenvalue weighted by Crippen LogP contribution is -2.43. The summed E-state index contributed by atoms with van der Waals surface area (Å²) in [5.41, 5.74) is 0. The standard InChI is InChI=1S/C12H26N2O/c1-4-12(15)9-14-7-5-11(6-8-14)10(2)13-3/h10-13,15H,4-9H2,1-3H3. The van der Waals surface area contributed by atoms with E-state index in [0.717, 1.165) is 32.0 Å². The van der Waals surface area contributed by atoms with Crippen molar-refractivity contribution in [1.29, 1.82) is 0 Å². The van der Waals surface area contributed by atoms with Gasteiger partial charge in [0, 0.05) is 12.6 Å². The van der Waals surface area contributed by atoms with Gasteiger partial charge in [0.15, 0.2) is 0 Å². The Bertz CT molecular complexity index is 167. The monoisotopic (exact) mass is 214 g/mol. The van der Waals surface area contributed by atoms with Crippen LogP contribution in [0.5, 0.6) is 0 Å². The molecule has 0 aliphatic carbocycles. The lowest BCUT2D eigenvalue weighted by Gasteiger charge is -2.35. The van der Waals surface area contributed by atoms with Gasteiger partial charge in [0.2, 0.25) is 0 Å². The van der Waals surface area contributed by atoms with Crippen molar-refractivity contribution in [1.82, 2.24) is 10.2 Å². The molecule has 1 fully saturated rings. The largest absolute Gasteiger partial charge is 0.392 e. The smallest absolute Gasteiger partial charge is 0.0664 e. The Morgan fingerprint density at radius 3 is 2.47 bits per heavy atom. The molecule has 3 nitrogen and oxygen atoms in total. The minimum absolute atomic E-state index is 0.136. The van der Waals surface area contributed by atoms with Crippen LogP contribution in [0, 0.1) is 5.92 Å². The summed E-state index contributed by atoms with van der Waals surface area (Å²) in [7, 11) is 2.04. The van der Waals surface area contributed by atoms with E-state index in [9.17, 15) is 5.11 Å². The molecular weight excluding hydrogens is 188 g/mol. The van der Waals surface area contributed by atoms with E-state index in [4.69, 9.17) is 0 Å². The maximum absolute atomic E-state index is 9.58. The molecule has 1 heterocycles. The highest BCUT2D eigenvalue weighted by Crippen LogP contribution is 2.20. The van der Waals surface area contributed by atoms with Gasteiger partial charge in [-0.15, -0.1) is 0 Å². The number of rotatable bonds is 5. The van der Waals surface area contributed by atoms with Crippen LogP contribution in [-0.2, 0) is 0 Å². The molecule has 0 radical (unpaired) electrons. The maximum Gasteiger partial charge on any atom is 0.0664 e. The van der Waals surface area contributed by atoms with Crippen molar-refractivity contribution < 1.29 is 5.11 Å². The van der Waals surface area contributed by atoms with E-state index in [1.54, 1.807) is 0 Å². The molecule has 1 aliphatic heterocycles. The number of likely N-dealkylation sites (tertiary alicyclic amines) is 1. The summed E-state index contributed by atoms with van der Waals surface area (Å²) in [4.78, 5) is 2.40. The number of aliphatic hydroxyl groups excluding tert-OH is 1. The second-order valence-corrected chi connectivity index (χ2v) is 4.78. The fraction of sp³-hybridized carbons (Fsp3) is 1.00. The third-order valence-corrected chi connectivity index (χ3v) is 3.73. The summed E-state index contributed by atoms with van der Waals surface area (Å²) in [5, 5.41) is 12.9. The molecule has 0 saturated carbocycles. The van der Waals surface area contributed by atoms with Gasteiger partial charge in [-0.05, 0) is 52.2 Å². The van der Waals surface area contributed by atoms with Gasteiger partial charge < -0.3 is 15.3 Å². The van der Waals surface area contributed by atoms with E-state index in [1.165, 1.54) is 12.8 Å². The molecule has 1 rings (SSSR count). The first-order valence-electron chi connectivity index (χ1n) is 6.25. The molecule has 0 aromatic carbocycles. The Labute approximate surface area is 93.9 Å². The van der Waals surface area contributed by atoms with Crippen LogP contribution in [0.3, 0.4) is 0 Å². The number of hydrogen-bond acceptors (Lipinski definition) is 3. The average molecular weight is 214 g/mol. The van der Waals surface area contributed by atoms with Crippen molar-refractivity contribution in [2.75, 3.05) is 26.7 Å². The first-order chi connectivity index (χ1) is 7.17. The van der Waals surface area contributed by atoms with Crippen LogP contribution >= 0.6 is 0 Å². The van der Waals surface area contributed by atoms with E-state index in [-0.39, 0.29) is 6.10 Å². The Hall–Kier alpha value is -0.120. The highest BCUT2D eigenvalue weighted by atomic mass is 16.3. The minimum Gasteiger partial charge on any atom is -0.392 e. The Balaban J connectivity index is 2.23. The zero-order chi connectivity index (χ0) is 11.3. The van der Waals surface area contributed by atoms with Gasteiger partial charge in [0.25, 0.3) is 0 Å². The number of hydrogen-bond donors (Lipinski definition) is 2. The summed E-state index contributed by atoms with van der Waals surface area (Å²) < 4.78 is 0. The summed E-state index contributed by atoms with van der Waals surface area (Å²) in [6.45, 7) is 7.46. The normalized spacial score (nSPS) is 24.0. The topological polar surface area (TPSA) is 35.5 Å². The molecule has 90 valence electrons. The molecule has 2 unspecified atom stereocenters. The average Bonchev–Trinajstić information content (AvgIpc) is 2.29. The Morgan fingerprint density at radius 1 is 1.40 bits per heavy atom. The molecule has 0 spiro atoms. The molecule has 0 aromatic heterocycles. The Kier molecular flexibility index (Phi) is 5.58. The van der Waals surface area contributed by atoms with Crippen LogP contribution in [0.1, 0.15) is 33.1 Å². The van der Waals surface area contributed by atoms with Crippen molar-refractivity contribution in [3.63, 3.8) is 0 Å². The van der Waals surface area contributed by atoms with Crippen LogP contribution in [0.2, 0.25) is 0 Å². The van der Waals surface area contributed by atoms with Gasteiger partial charge in [-0.3, -0.25) is 0 Å². The predicted molar refractivity (Wildman–Crippen MR) is 64.0 cm³/mol. The maximum atomic E-state index is 9.58. The molecule has 1 aliphatic rings. The molecule has 15 heavy (non-hydrogen) atoms. The number of aliphatic hydroxyl groups is 1. The predicted octanol–water partition coefficient (Wildman–Crippen LogP) is 1.08. The second-order valence-electron chi connectivity index (χ2n) is 4.78. The quantitative estimate of drug-likeness (QED) is 0.719. The van der Waals surface area contributed by atoms with Crippen LogP contribution < -0.4 is 5.32 Å². The van der Waals surface area contributed by atoms with Gasteiger partial charge >= 0.3 is 0 Å². The summed E-state index contributed by atoms with van der Waals surface area (Å²) in [5.74, 6) is 0.810. The summed E-state index contributed by atoms with van der Waals surface area (Å²) in [6, 6.07) is 0.628. The number of nitrogens with one attached hydrogen (secondary N) is 1. The highest BCUT2D eigenvalue weighted by molar-refractivity contribution is 4.79. The first kappa shape index (κ1) is 12.9. The molecular formula is C12H26N2O. The second kappa shape index (κ2) is 6.46. The molecule has 0 amide bonds. The van der Waals surface area contributed by atoms with Crippen molar-refractivity contribution in [2.45, 2.75) is 45.3 Å². The molecule has 3 heteroatoms. The van der Waals surface area contributed by atoms with E-state index in [2.05, 4.69) is 17.1 Å². The third kappa shape index (κ3) is 4.09. The fourth-order valence-corrected chi connectivity index (χ4v) is 2.30. The molecule has 0 bridgehead atoms. The van der Waals surface area contributed by atoms with Gasteiger partial charge in [-0.2, -0.15) is 0 Å². The summed E-state index contributed by atoms with van der Waals surface area (Å²) in [6.07, 6.45) is 3.26. The van der Waals surface area contributed by atoms with Crippen molar-refractivity contribution in [3.05, 3.63) is 0 Å². The fourth-order valence-electron chi connectivity index (χ4n) is 2.30. The zero-order valence-electron chi connectivity index (χ0n) is 10.4. The van der Waals surface area contributed by atoms with Gasteiger partial charge in [0.05, 0.1) is 6.10 Å². The van der Waals surface area contributed by atoms with Gasteiger partial charge in [-0.1, -0.05) is 6.92 Å². The van der Waals surface area contributed by atoms with Crippen LogP contribution in [-0.4, -0.2) is 48.8 Å². The lowest BCUT2D eigenvalue weighted by atomic mass is 9.90. The van der Waals surface area contributed by atoms with Crippen molar-refractivity contribution in [3.8, 4) is 0 Å². The molecule has 2 N–H and O–H groups in total. The van der Waals surface area contributed by atoms with E-state index in [1.807, 2.05) is 14.0 Å². The van der Waals surface area contributed by atoms with E-state index >= 15 is 0 Å². The van der Waals surface area contributed by atoms with Crippen LogP contribution in [0.4, 0.5) is 0 Å². The molecule has 1 saturated heterocycles. The van der Waals surface area contributed by atoms with E-state index in [0.29, 0.717) is 6.04 Å². The van der Waals surface area contributed by atoms with Crippen molar-refractivity contribution >= 4 is 0 Å². The third-order valence-electron chi connectivity index (χ3n) is 3.73. The van der Waals surface area contributed by atoms with Gasteiger partial charge in [0.1, 0.15) is 0 Å². The van der Waals surface area contributed by atoms with Gasteiger partial charge in [-0.25, -0.2) is 0 Å². The first-order valence-corrected chi connectivity index (χ1v) is 6.25. The number of piperidine rings is 1. The lowest BCUT2D eigenvalue weighted by molar-refractivity contribution is 0.0822. The minimum atomic E-state index is -0.136. The summed E-state index contributed by atoms with van der Waals surface area (Å²) >= 11 is 0. The van der Waals surface area contributed by atoms with Crippen molar-refractivity contribution in [2.24, 2.45) is 5.92 Å². The SMILES string of the molecule is CCC(O)CN1CCC(C(C)NC)CC1. The van der Waals surface area contributed by atoms with E-state index < -0.39 is 0 Å². The highest BCUT2D eigenvalue weighted by Gasteiger charge is 2.23.